The molecule has 1 aliphatic rings. The number of benzene rings is 3. The summed E-state index contributed by atoms with van der Waals surface area (Å²) in [6, 6.07) is 24.8. The molecular weight excluding hydrogens is 514 g/mol. The van der Waals surface area contributed by atoms with Crippen LogP contribution < -0.4 is 10.1 Å². The van der Waals surface area contributed by atoms with Crippen molar-refractivity contribution >= 4 is 33.8 Å². The minimum Gasteiger partial charge on any atom is -0.496 e. The van der Waals surface area contributed by atoms with Crippen LogP contribution in [0, 0.1) is 6.92 Å². The van der Waals surface area contributed by atoms with E-state index in [2.05, 4.69) is 62.6 Å². The van der Waals surface area contributed by atoms with Crippen molar-refractivity contribution in [3.63, 3.8) is 0 Å². The maximum Gasteiger partial charge on any atom is 0.187 e. The largest absolute Gasteiger partial charge is 0.496 e. The SMILES string of the molecule is COc1cc(Nc2nc3c(s2)CN(Cc2ccccc2)CC3c2ccccc2Cl)ccc1-c1ncc(C)[nH]1. The van der Waals surface area contributed by atoms with Crippen LogP contribution in [0.1, 0.15) is 33.3 Å². The molecule has 38 heavy (non-hydrogen) atoms. The molecule has 0 fully saturated rings. The van der Waals surface area contributed by atoms with Crippen LogP contribution in [0.4, 0.5) is 10.8 Å². The van der Waals surface area contributed by atoms with E-state index in [0.717, 1.165) is 69.6 Å². The molecule has 3 aromatic carbocycles. The molecule has 1 aliphatic heterocycles. The third-order valence-electron chi connectivity index (χ3n) is 6.81. The fourth-order valence-electron chi connectivity index (χ4n) is 5.02. The summed E-state index contributed by atoms with van der Waals surface area (Å²) in [4.78, 5) is 16.6. The molecule has 5 aromatic rings. The molecule has 1 unspecified atom stereocenters. The number of nitrogens with zero attached hydrogens (tertiary/aromatic N) is 3. The average molecular weight is 542 g/mol. The molecule has 0 saturated carbocycles. The van der Waals surface area contributed by atoms with Gasteiger partial charge in [-0.15, -0.1) is 11.3 Å². The first-order valence-corrected chi connectivity index (χ1v) is 13.7. The fourth-order valence-corrected chi connectivity index (χ4v) is 6.37. The van der Waals surface area contributed by atoms with E-state index in [1.54, 1.807) is 18.4 Å². The quantitative estimate of drug-likeness (QED) is 0.225. The smallest absolute Gasteiger partial charge is 0.187 e. The monoisotopic (exact) mass is 541 g/mol. The number of aromatic amines is 1. The highest BCUT2D eigenvalue weighted by Gasteiger charge is 2.31. The van der Waals surface area contributed by atoms with Crippen LogP contribution in [0.15, 0.2) is 79.0 Å². The predicted octanol–water partition coefficient (Wildman–Crippen LogP) is 7.39. The zero-order valence-electron chi connectivity index (χ0n) is 21.2. The number of aryl methyl sites for hydroxylation is 1. The van der Waals surface area contributed by atoms with Gasteiger partial charge in [-0.3, -0.25) is 4.90 Å². The minimum absolute atomic E-state index is 0.0991. The number of H-pyrrole nitrogens is 1. The molecule has 0 bridgehead atoms. The molecule has 0 spiro atoms. The number of rotatable bonds is 7. The Morgan fingerprint density at radius 3 is 2.68 bits per heavy atom. The van der Waals surface area contributed by atoms with E-state index in [4.69, 9.17) is 21.3 Å². The van der Waals surface area contributed by atoms with E-state index in [-0.39, 0.29) is 5.92 Å². The Labute approximate surface area is 231 Å². The zero-order chi connectivity index (χ0) is 26.1. The Balaban J connectivity index is 1.31. The fraction of sp³-hybridized carbons (Fsp3) is 0.200. The Morgan fingerprint density at radius 1 is 1.11 bits per heavy atom. The number of thiazole rings is 1. The molecule has 6 nitrogen and oxygen atoms in total. The lowest BCUT2D eigenvalue weighted by Gasteiger charge is -2.32. The third kappa shape index (κ3) is 5.05. The number of nitrogens with one attached hydrogen (secondary N) is 2. The molecule has 8 heteroatoms. The highest BCUT2D eigenvalue weighted by atomic mass is 35.5. The number of hydrogen-bond acceptors (Lipinski definition) is 6. The summed E-state index contributed by atoms with van der Waals surface area (Å²) in [5, 5.41) is 5.15. The van der Waals surface area contributed by atoms with Gasteiger partial charge >= 0.3 is 0 Å². The van der Waals surface area contributed by atoms with Crippen molar-refractivity contribution in [2.24, 2.45) is 0 Å². The van der Waals surface area contributed by atoms with Crippen LogP contribution in [0.5, 0.6) is 5.75 Å². The highest BCUT2D eigenvalue weighted by Crippen LogP contribution is 2.41. The Hall–Kier alpha value is -3.65. The number of halogens is 1. The van der Waals surface area contributed by atoms with E-state index in [1.807, 2.05) is 43.5 Å². The minimum atomic E-state index is 0.0991. The number of imidazole rings is 1. The summed E-state index contributed by atoms with van der Waals surface area (Å²) < 4.78 is 5.69. The number of fused-ring (bicyclic) bond motifs is 1. The zero-order valence-corrected chi connectivity index (χ0v) is 22.8. The molecule has 2 N–H and O–H groups in total. The average Bonchev–Trinajstić information content (AvgIpc) is 3.54. The first-order chi connectivity index (χ1) is 18.6. The molecule has 6 rings (SSSR count). The Kier molecular flexibility index (Phi) is 6.89. The maximum absolute atomic E-state index is 6.69. The van der Waals surface area contributed by atoms with Crippen molar-refractivity contribution in [2.45, 2.75) is 25.9 Å². The second kappa shape index (κ2) is 10.6. The number of ether oxygens (including phenoxy) is 1. The van der Waals surface area contributed by atoms with Crippen LogP contribution in [0.25, 0.3) is 11.4 Å². The van der Waals surface area contributed by atoms with Gasteiger partial charge in [0, 0.05) is 59.1 Å². The second-order valence-corrected chi connectivity index (χ2v) is 11.0. The standard InChI is InChI=1S/C30H28ClN5OS/c1-19-15-32-29(33-19)23-13-12-21(14-26(23)37-2)34-30-35-28-24(22-10-6-7-11-25(22)31)17-36(18-27(28)38-30)16-20-8-4-3-5-9-20/h3-15,24H,16-18H2,1-2H3,(H,32,33)(H,34,35). The van der Waals surface area contributed by atoms with Gasteiger partial charge < -0.3 is 15.0 Å². The summed E-state index contributed by atoms with van der Waals surface area (Å²) in [6.45, 7) is 4.58. The normalized spacial score (nSPS) is 15.3. The summed E-state index contributed by atoms with van der Waals surface area (Å²) in [5.74, 6) is 1.63. The summed E-state index contributed by atoms with van der Waals surface area (Å²) >= 11 is 8.39. The first kappa shape index (κ1) is 24.7. The summed E-state index contributed by atoms with van der Waals surface area (Å²) in [5.41, 5.74) is 6.35. The second-order valence-electron chi connectivity index (χ2n) is 9.51. The summed E-state index contributed by atoms with van der Waals surface area (Å²) in [6.07, 6.45) is 1.82. The number of aromatic nitrogens is 3. The van der Waals surface area contributed by atoms with Gasteiger partial charge in [-0.2, -0.15) is 0 Å². The molecule has 1 atom stereocenters. The van der Waals surface area contributed by atoms with Crippen molar-refractivity contribution in [1.82, 2.24) is 19.9 Å². The van der Waals surface area contributed by atoms with Gasteiger partial charge in [0.2, 0.25) is 0 Å². The topological polar surface area (TPSA) is 66.1 Å². The van der Waals surface area contributed by atoms with E-state index in [1.165, 1.54) is 10.4 Å². The molecule has 0 saturated heterocycles. The van der Waals surface area contributed by atoms with Gasteiger partial charge in [-0.1, -0.05) is 60.1 Å². The van der Waals surface area contributed by atoms with Crippen LogP contribution in [0.2, 0.25) is 5.02 Å². The van der Waals surface area contributed by atoms with E-state index < -0.39 is 0 Å². The highest BCUT2D eigenvalue weighted by molar-refractivity contribution is 7.15. The molecule has 192 valence electrons. The van der Waals surface area contributed by atoms with Crippen LogP contribution >= 0.6 is 22.9 Å². The predicted molar refractivity (Wildman–Crippen MR) is 155 cm³/mol. The van der Waals surface area contributed by atoms with Crippen molar-refractivity contribution in [3.05, 3.63) is 111 Å². The number of hydrogen-bond donors (Lipinski definition) is 2. The lowest BCUT2D eigenvalue weighted by Crippen LogP contribution is -2.33. The Morgan fingerprint density at radius 2 is 1.92 bits per heavy atom. The van der Waals surface area contributed by atoms with Gasteiger partial charge in [-0.05, 0) is 36.2 Å². The van der Waals surface area contributed by atoms with Gasteiger partial charge in [0.15, 0.2) is 5.13 Å². The summed E-state index contributed by atoms with van der Waals surface area (Å²) in [7, 11) is 1.68. The molecule has 0 amide bonds. The van der Waals surface area contributed by atoms with Gasteiger partial charge in [0.1, 0.15) is 11.6 Å². The van der Waals surface area contributed by atoms with Crippen LogP contribution in [0.3, 0.4) is 0 Å². The van der Waals surface area contributed by atoms with Gasteiger partial charge in [-0.25, -0.2) is 9.97 Å². The third-order valence-corrected chi connectivity index (χ3v) is 8.12. The molecular formula is C30H28ClN5OS. The van der Waals surface area contributed by atoms with Gasteiger partial charge in [0.05, 0.1) is 18.4 Å². The lowest BCUT2D eigenvalue weighted by molar-refractivity contribution is 0.233. The van der Waals surface area contributed by atoms with E-state index in [0.29, 0.717) is 0 Å². The number of anilines is 2. The van der Waals surface area contributed by atoms with Crippen LogP contribution in [-0.2, 0) is 13.1 Å². The van der Waals surface area contributed by atoms with Crippen molar-refractivity contribution in [1.29, 1.82) is 0 Å². The number of methoxy groups -OCH3 is 1. The molecule has 0 aliphatic carbocycles. The van der Waals surface area contributed by atoms with Crippen molar-refractivity contribution in [3.8, 4) is 17.1 Å². The van der Waals surface area contributed by atoms with E-state index >= 15 is 0 Å². The first-order valence-electron chi connectivity index (χ1n) is 12.5. The molecule has 3 heterocycles. The maximum atomic E-state index is 6.69. The molecule has 0 radical (unpaired) electrons. The van der Waals surface area contributed by atoms with Crippen molar-refractivity contribution in [2.75, 3.05) is 19.0 Å². The molecule has 2 aromatic heterocycles. The van der Waals surface area contributed by atoms with Crippen LogP contribution in [-0.4, -0.2) is 33.5 Å². The van der Waals surface area contributed by atoms with Crippen molar-refractivity contribution < 1.29 is 4.74 Å². The lowest BCUT2D eigenvalue weighted by atomic mass is 9.91. The van der Waals surface area contributed by atoms with Gasteiger partial charge in [0.25, 0.3) is 0 Å². The van der Waals surface area contributed by atoms with E-state index in [9.17, 15) is 0 Å². The Bertz CT molecular complexity index is 1560.